The fourth-order valence-electron chi connectivity index (χ4n) is 4.96. The summed E-state index contributed by atoms with van der Waals surface area (Å²) in [7, 11) is 1.39. The lowest BCUT2D eigenvalue weighted by Gasteiger charge is -2.26. The van der Waals surface area contributed by atoms with E-state index in [4.69, 9.17) is 9.72 Å². The minimum atomic E-state index is -0.330. The van der Waals surface area contributed by atoms with Gasteiger partial charge in [0, 0.05) is 16.7 Å². The van der Waals surface area contributed by atoms with Crippen LogP contribution in [0.4, 0.5) is 0 Å². The Morgan fingerprint density at radius 2 is 1.88 bits per heavy atom. The van der Waals surface area contributed by atoms with Crippen molar-refractivity contribution in [1.82, 2.24) is 9.55 Å². The number of hydrogen-bond donors (Lipinski definition) is 0. The van der Waals surface area contributed by atoms with Crippen molar-refractivity contribution >= 4 is 39.3 Å². The molecular weight excluding hydrogens is 440 g/mol. The van der Waals surface area contributed by atoms with Crippen molar-refractivity contribution in [3.05, 3.63) is 56.2 Å². The van der Waals surface area contributed by atoms with E-state index in [0.717, 1.165) is 46.6 Å². The van der Waals surface area contributed by atoms with Gasteiger partial charge in [0.2, 0.25) is 0 Å². The molecule has 0 atom stereocenters. The Morgan fingerprint density at radius 3 is 2.62 bits per heavy atom. The van der Waals surface area contributed by atoms with Gasteiger partial charge in [-0.15, -0.1) is 11.3 Å². The van der Waals surface area contributed by atoms with Gasteiger partial charge in [0.25, 0.3) is 5.56 Å². The van der Waals surface area contributed by atoms with Crippen LogP contribution in [-0.2, 0) is 23.3 Å². The molecule has 5 nitrogen and oxygen atoms in total. The Bertz CT molecular complexity index is 1190. The first-order chi connectivity index (χ1) is 15.7. The first kappa shape index (κ1) is 21.7. The first-order valence-corrected chi connectivity index (χ1v) is 13.3. The highest BCUT2D eigenvalue weighted by Crippen LogP contribution is 2.37. The van der Waals surface area contributed by atoms with E-state index in [9.17, 15) is 9.59 Å². The number of fused-ring (bicyclic) bond motifs is 3. The molecule has 0 radical (unpaired) electrons. The second kappa shape index (κ2) is 9.40. The van der Waals surface area contributed by atoms with Crippen LogP contribution in [0.2, 0.25) is 0 Å². The quantitative estimate of drug-likeness (QED) is 0.264. The zero-order valence-electron chi connectivity index (χ0n) is 18.4. The number of thioether (sulfide) groups is 1. The number of benzene rings is 1. The summed E-state index contributed by atoms with van der Waals surface area (Å²) in [5, 5.41) is 1.73. The maximum absolute atomic E-state index is 13.8. The summed E-state index contributed by atoms with van der Waals surface area (Å²) < 4.78 is 6.81. The number of carbonyl (C=O) groups is 1. The average Bonchev–Trinajstić information content (AvgIpc) is 3.22. The number of hydrogen-bond acceptors (Lipinski definition) is 6. The standard InChI is InChI=1S/C25H28N2O3S2/c1-30-24(29)17-13-11-16(12-14-17)15-31-25-26-22-21(19-9-5-6-10-20(19)32-22)23(28)27(25)18-7-3-2-4-8-18/h11-14,18H,2-10,15H2,1H3. The van der Waals surface area contributed by atoms with Crippen molar-refractivity contribution in [3.63, 3.8) is 0 Å². The molecule has 0 unspecified atom stereocenters. The lowest BCUT2D eigenvalue weighted by atomic mass is 9.94. The van der Waals surface area contributed by atoms with Crippen LogP contribution in [0.1, 0.15) is 77.3 Å². The van der Waals surface area contributed by atoms with Gasteiger partial charge in [-0.3, -0.25) is 9.36 Å². The van der Waals surface area contributed by atoms with Gasteiger partial charge >= 0.3 is 5.97 Å². The molecule has 0 saturated heterocycles. The Balaban J connectivity index is 1.50. The predicted molar refractivity (Wildman–Crippen MR) is 130 cm³/mol. The third-order valence-electron chi connectivity index (χ3n) is 6.67. The Morgan fingerprint density at radius 1 is 1.12 bits per heavy atom. The SMILES string of the molecule is COC(=O)c1ccc(CSc2nc3sc4c(c3c(=O)n2C2CCCCC2)CCCC4)cc1. The molecule has 0 amide bonds. The van der Waals surface area contributed by atoms with E-state index < -0.39 is 0 Å². The molecule has 1 aromatic carbocycles. The van der Waals surface area contributed by atoms with Gasteiger partial charge in [-0.1, -0.05) is 43.2 Å². The fraction of sp³-hybridized carbons (Fsp3) is 0.480. The maximum atomic E-state index is 13.8. The number of aryl methyl sites for hydroxylation is 2. The monoisotopic (exact) mass is 468 g/mol. The molecule has 32 heavy (non-hydrogen) atoms. The summed E-state index contributed by atoms with van der Waals surface area (Å²) in [6.45, 7) is 0. The highest BCUT2D eigenvalue weighted by Gasteiger charge is 2.26. The number of ether oxygens (including phenoxy) is 1. The van der Waals surface area contributed by atoms with Crippen LogP contribution in [0, 0.1) is 0 Å². The second-order valence-electron chi connectivity index (χ2n) is 8.73. The molecule has 168 valence electrons. The third kappa shape index (κ3) is 4.13. The number of aromatic nitrogens is 2. The van der Waals surface area contributed by atoms with Crippen LogP contribution in [0.5, 0.6) is 0 Å². The van der Waals surface area contributed by atoms with Crippen molar-refractivity contribution in [1.29, 1.82) is 0 Å². The minimum Gasteiger partial charge on any atom is -0.465 e. The summed E-state index contributed by atoms with van der Waals surface area (Å²) in [4.78, 5) is 32.8. The van der Waals surface area contributed by atoms with Crippen LogP contribution in [0.3, 0.4) is 0 Å². The van der Waals surface area contributed by atoms with Gasteiger partial charge in [0.05, 0.1) is 18.1 Å². The average molecular weight is 469 g/mol. The molecule has 2 aromatic heterocycles. The summed E-state index contributed by atoms with van der Waals surface area (Å²) in [5.74, 6) is 0.376. The molecule has 5 rings (SSSR count). The number of esters is 1. The van der Waals surface area contributed by atoms with E-state index in [1.54, 1.807) is 35.2 Å². The van der Waals surface area contributed by atoms with Crippen LogP contribution < -0.4 is 5.56 Å². The number of nitrogens with zero attached hydrogens (tertiary/aromatic N) is 2. The van der Waals surface area contributed by atoms with E-state index in [0.29, 0.717) is 11.3 Å². The summed E-state index contributed by atoms with van der Waals surface area (Å²) >= 11 is 3.35. The number of methoxy groups -OCH3 is 1. The topological polar surface area (TPSA) is 61.2 Å². The van der Waals surface area contributed by atoms with Gasteiger partial charge in [-0.05, 0) is 61.8 Å². The molecule has 1 saturated carbocycles. The maximum Gasteiger partial charge on any atom is 0.337 e. The zero-order valence-corrected chi connectivity index (χ0v) is 20.0. The molecule has 0 spiro atoms. The van der Waals surface area contributed by atoms with Crippen molar-refractivity contribution < 1.29 is 9.53 Å². The highest BCUT2D eigenvalue weighted by molar-refractivity contribution is 7.98. The van der Waals surface area contributed by atoms with E-state index in [1.165, 1.54) is 49.7 Å². The summed E-state index contributed by atoms with van der Waals surface area (Å²) in [5.41, 5.74) is 3.08. The van der Waals surface area contributed by atoms with Gasteiger partial charge in [-0.25, -0.2) is 9.78 Å². The zero-order chi connectivity index (χ0) is 22.1. The first-order valence-electron chi connectivity index (χ1n) is 11.5. The Hall–Kier alpha value is -2.12. The van der Waals surface area contributed by atoms with Crippen LogP contribution in [0.15, 0.2) is 34.2 Å². The number of rotatable bonds is 5. The van der Waals surface area contributed by atoms with E-state index in [1.807, 2.05) is 16.7 Å². The van der Waals surface area contributed by atoms with Crippen molar-refractivity contribution in [3.8, 4) is 0 Å². The Labute approximate surface area is 196 Å². The molecule has 7 heteroatoms. The van der Waals surface area contributed by atoms with Crippen molar-refractivity contribution in [2.24, 2.45) is 0 Å². The van der Waals surface area contributed by atoms with Gasteiger partial charge < -0.3 is 4.74 Å². The molecule has 2 heterocycles. The molecule has 2 aliphatic rings. The lowest BCUT2D eigenvalue weighted by Crippen LogP contribution is -2.29. The van der Waals surface area contributed by atoms with Crippen molar-refractivity contribution in [2.75, 3.05) is 7.11 Å². The molecule has 1 fully saturated rings. The van der Waals surface area contributed by atoms with Crippen LogP contribution in [-0.4, -0.2) is 22.6 Å². The fourth-order valence-corrected chi connectivity index (χ4v) is 7.29. The summed E-state index contributed by atoms with van der Waals surface area (Å²) in [6.07, 6.45) is 10.2. The van der Waals surface area contributed by atoms with Gasteiger partial charge in [0.1, 0.15) is 4.83 Å². The molecular formula is C25H28N2O3S2. The Kier molecular flexibility index (Phi) is 6.37. The van der Waals surface area contributed by atoms with Crippen LogP contribution in [0.25, 0.3) is 10.2 Å². The van der Waals surface area contributed by atoms with E-state index in [-0.39, 0.29) is 17.6 Å². The molecule has 2 aliphatic carbocycles. The van der Waals surface area contributed by atoms with E-state index >= 15 is 0 Å². The number of thiophene rings is 1. The lowest BCUT2D eigenvalue weighted by molar-refractivity contribution is 0.0600. The highest BCUT2D eigenvalue weighted by atomic mass is 32.2. The second-order valence-corrected chi connectivity index (χ2v) is 10.8. The molecule has 0 N–H and O–H groups in total. The molecule has 0 aliphatic heterocycles. The summed E-state index contributed by atoms with van der Waals surface area (Å²) in [6, 6.07) is 7.73. The smallest absolute Gasteiger partial charge is 0.337 e. The molecule has 3 aromatic rings. The normalized spacial score (nSPS) is 16.8. The largest absolute Gasteiger partial charge is 0.465 e. The van der Waals surface area contributed by atoms with Gasteiger partial charge in [0.15, 0.2) is 5.16 Å². The van der Waals surface area contributed by atoms with Crippen LogP contribution >= 0.6 is 23.1 Å². The van der Waals surface area contributed by atoms with Crippen molar-refractivity contribution in [2.45, 2.75) is 74.7 Å². The van der Waals surface area contributed by atoms with E-state index in [2.05, 4.69) is 0 Å². The predicted octanol–water partition coefficient (Wildman–Crippen LogP) is 5.92. The minimum absolute atomic E-state index is 0.171. The number of carbonyl (C=O) groups excluding carboxylic acids is 1. The van der Waals surface area contributed by atoms with Gasteiger partial charge in [-0.2, -0.15) is 0 Å². The molecule has 0 bridgehead atoms. The third-order valence-corrected chi connectivity index (χ3v) is 8.88.